The highest BCUT2D eigenvalue weighted by Crippen LogP contribution is 2.46. The number of ether oxygens (including phenoxy) is 2. The summed E-state index contributed by atoms with van der Waals surface area (Å²) in [4.78, 5) is 34.1. The number of amides is 2. The Labute approximate surface area is 217 Å². The number of H-pyrrole nitrogens is 1. The van der Waals surface area contributed by atoms with Crippen LogP contribution in [0, 0.1) is 0 Å². The van der Waals surface area contributed by atoms with Gasteiger partial charge in [0, 0.05) is 22.8 Å². The third-order valence-electron chi connectivity index (χ3n) is 6.41. The minimum Gasteiger partial charge on any atom is -0.457 e. The Morgan fingerprint density at radius 1 is 0.947 bits per heavy atom. The first kappa shape index (κ1) is 23.3. The van der Waals surface area contributed by atoms with Gasteiger partial charge in [-0.25, -0.2) is 9.78 Å². The molecule has 9 nitrogen and oxygen atoms in total. The van der Waals surface area contributed by atoms with E-state index in [-0.39, 0.29) is 11.9 Å². The number of benzene rings is 4. The van der Waals surface area contributed by atoms with E-state index in [0.29, 0.717) is 44.9 Å². The van der Waals surface area contributed by atoms with Crippen LogP contribution >= 0.6 is 0 Å². The molecule has 1 aliphatic rings. The lowest BCUT2D eigenvalue weighted by atomic mass is 9.93. The van der Waals surface area contributed by atoms with Crippen molar-refractivity contribution in [2.75, 3.05) is 17.3 Å². The molecule has 9 heteroatoms. The maximum absolute atomic E-state index is 13.7. The summed E-state index contributed by atoms with van der Waals surface area (Å²) in [6.07, 6.45) is -0.665. The minimum atomic E-state index is -1.83. The van der Waals surface area contributed by atoms with Gasteiger partial charge >= 0.3 is 6.09 Å². The van der Waals surface area contributed by atoms with Crippen LogP contribution in [0.3, 0.4) is 0 Å². The number of hydrogen-bond acceptors (Lipinski definition) is 6. The fourth-order valence-electron chi connectivity index (χ4n) is 4.69. The summed E-state index contributed by atoms with van der Waals surface area (Å²) in [5.74, 6) is 1.01. The van der Waals surface area contributed by atoms with Gasteiger partial charge in [-0.05, 0) is 42.5 Å². The standard InChI is InChI=1S/C29H22N4O5/c1-37-28(35)32-27-30-24-15-14-18(16-25(24)31-27)29(36)23-13-6-5-12-22(23)26(34)33(29)19-8-7-11-21(17-19)38-20-9-3-2-4-10-20/h2-17,36H,1H3,(H2,30,31,32,35). The number of hydrogen-bond donors (Lipinski definition) is 3. The fourth-order valence-corrected chi connectivity index (χ4v) is 4.69. The van der Waals surface area contributed by atoms with Crippen LogP contribution in [0.5, 0.6) is 11.5 Å². The van der Waals surface area contributed by atoms with E-state index in [1.165, 1.54) is 12.0 Å². The van der Waals surface area contributed by atoms with Crippen molar-refractivity contribution in [3.63, 3.8) is 0 Å². The van der Waals surface area contributed by atoms with Gasteiger partial charge in [-0.1, -0.05) is 48.5 Å². The lowest BCUT2D eigenvalue weighted by Crippen LogP contribution is -2.45. The molecular formula is C29H22N4O5. The Kier molecular flexibility index (Phi) is 5.54. The smallest absolute Gasteiger partial charge is 0.413 e. The second-order valence-electron chi connectivity index (χ2n) is 8.70. The zero-order chi connectivity index (χ0) is 26.3. The average Bonchev–Trinajstić information content (AvgIpc) is 3.45. The first-order valence-electron chi connectivity index (χ1n) is 11.8. The molecule has 0 radical (unpaired) electrons. The molecular weight excluding hydrogens is 484 g/mol. The summed E-state index contributed by atoms with van der Waals surface area (Å²) in [5.41, 5.74) is 1.00. The number of carbonyl (C=O) groups is 2. The maximum atomic E-state index is 13.7. The van der Waals surface area contributed by atoms with Crippen molar-refractivity contribution in [1.82, 2.24) is 9.97 Å². The molecule has 1 atom stereocenters. The Morgan fingerprint density at radius 2 is 1.71 bits per heavy atom. The van der Waals surface area contributed by atoms with Crippen molar-refractivity contribution in [2.45, 2.75) is 5.72 Å². The van der Waals surface area contributed by atoms with Crippen LogP contribution in [0.15, 0.2) is 97.1 Å². The van der Waals surface area contributed by atoms with E-state index in [9.17, 15) is 14.7 Å². The number of nitrogens with one attached hydrogen (secondary N) is 2. The number of aromatic amines is 1. The Hall–Kier alpha value is -5.15. The molecule has 6 rings (SSSR count). The summed E-state index contributed by atoms with van der Waals surface area (Å²) in [5, 5.41) is 14.9. The van der Waals surface area contributed by atoms with E-state index in [2.05, 4.69) is 20.0 Å². The molecule has 38 heavy (non-hydrogen) atoms. The van der Waals surface area contributed by atoms with Crippen LogP contribution in [0.4, 0.5) is 16.4 Å². The van der Waals surface area contributed by atoms with Gasteiger partial charge in [0.05, 0.1) is 23.8 Å². The first-order valence-corrected chi connectivity index (χ1v) is 11.8. The van der Waals surface area contributed by atoms with Crippen molar-refractivity contribution in [2.24, 2.45) is 0 Å². The lowest BCUT2D eigenvalue weighted by Gasteiger charge is -2.35. The molecule has 2 amide bonds. The fraction of sp³-hybridized carbons (Fsp3) is 0.0690. The number of methoxy groups -OCH3 is 1. The van der Waals surface area contributed by atoms with Crippen LogP contribution in [-0.2, 0) is 10.5 Å². The summed E-state index contributed by atoms with van der Waals surface area (Å²) in [6, 6.07) is 28.4. The predicted molar refractivity (Wildman–Crippen MR) is 141 cm³/mol. The Bertz CT molecular complexity index is 1680. The van der Waals surface area contributed by atoms with E-state index in [1.807, 2.05) is 30.3 Å². The van der Waals surface area contributed by atoms with E-state index in [1.54, 1.807) is 66.7 Å². The minimum absolute atomic E-state index is 0.196. The Balaban J connectivity index is 1.45. The van der Waals surface area contributed by atoms with Gasteiger partial charge in [0.25, 0.3) is 5.91 Å². The molecule has 3 N–H and O–H groups in total. The normalized spacial score (nSPS) is 16.4. The molecule has 0 fully saturated rings. The molecule has 0 bridgehead atoms. The zero-order valence-electron chi connectivity index (χ0n) is 20.2. The second kappa shape index (κ2) is 9.06. The molecule has 1 aromatic heterocycles. The maximum Gasteiger partial charge on any atom is 0.413 e. The van der Waals surface area contributed by atoms with Gasteiger partial charge in [0.15, 0.2) is 5.72 Å². The number of fused-ring (bicyclic) bond motifs is 2. The first-order chi connectivity index (χ1) is 18.5. The molecule has 1 unspecified atom stereocenters. The van der Waals surface area contributed by atoms with Crippen LogP contribution in [0.1, 0.15) is 21.5 Å². The molecule has 4 aromatic carbocycles. The number of carbonyl (C=O) groups excluding carboxylic acids is 2. The van der Waals surface area contributed by atoms with Crippen molar-refractivity contribution < 1.29 is 24.2 Å². The number of rotatable bonds is 5. The van der Waals surface area contributed by atoms with Crippen LogP contribution in [0.25, 0.3) is 11.0 Å². The molecule has 5 aromatic rings. The van der Waals surface area contributed by atoms with Gasteiger partial charge < -0.3 is 19.6 Å². The predicted octanol–water partition coefficient (Wildman–Crippen LogP) is 5.39. The van der Waals surface area contributed by atoms with E-state index >= 15 is 0 Å². The largest absolute Gasteiger partial charge is 0.457 e. The van der Waals surface area contributed by atoms with E-state index in [4.69, 9.17) is 4.74 Å². The molecule has 0 saturated heterocycles. The summed E-state index contributed by atoms with van der Waals surface area (Å²) in [7, 11) is 1.26. The average molecular weight is 507 g/mol. The van der Waals surface area contributed by atoms with Gasteiger partial charge in [0.1, 0.15) is 11.5 Å². The van der Waals surface area contributed by atoms with Crippen LogP contribution in [-0.4, -0.2) is 34.2 Å². The number of para-hydroxylation sites is 1. The van der Waals surface area contributed by atoms with Gasteiger partial charge in [-0.3, -0.25) is 15.0 Å². The van der Waals surface area contributed by atoms with Crippen LogP contribution < -0.4 is 15.0 Å². The van der Waals surface area contributed by atoms with Gasteiger partial charge in [-0.2, -0.15) is 0 Å². The number of nitrogens with zero attached hydrogens (tertiary/aromatic N) is 2. The third-order valence-corrected chi connectivity index (χ3v) is 6.41. The zero-order valence-corrected chi connectivity index (χ0v) is 20.2. The van der Waals surface area contributed by atoms with E-state index < -0.39 is 11.8 Å². The number of aromatic nitrogens is 2. The highest BCUT2D eigenvalue weighted by molar-refractivity contribution is 6.12. The van der Waals surface area contributed by atoms with Crippen molar-refractivity contribution in [1.29, 1.82) is 0 Å². The van der Waals surface area contributed by atoms with Crippen molar-refractivity contribution in [3.8, 4) is 11.5 Å². The molecule has 188 valence electrons. The highest BCUT2D eigenvalue weighted by Gasteiger charge is 2.50. The summed E-state index contributed by atoms with van der Waals surface area (Å²) >= 11 is 0. The summed E-state index contributed by atoms with van der Waals surface area (Å²) in [6.45, 7) is 0. The topological polar surface area (TPSA) is 117 Å². The molecule has 0 aliphatic carbocycles. The van der Waals surface area contributed by atoms with Crippen molar-refractivity contribution >= 4 is 34.7 Å². The highest BCUT2D eigenvalue weighted by atomic mass is 16.5. The third kappa shape index (κ3) is 3.82. The van der Waals surface area contributed by atoms with Crippen molar-refractivity contribution in [3.05, 3.63) is 114 Å². The molecule has 0 saturated carbocycles. The molecule has 0 spiro atoms. The van der Waals surface area contributed by atoms with Gasteiger partial charge in [0.2, 0.25) is 5.95 Å². The van der Waals surface area contributed by atoms with Crippen LogP contribution in [0.2, 0.25) is 0 Å². The monoisotopic (exact) mass is 506 g/mol. The number of anilines is 2. The lowest BCUT2D eigenvalue weighted by molar-refractivity contribution is 0.0704. The number of aliphatic hydroxyl groups is 1. The Morgan fingerprint density at radius 3 is 2.53 bits per heavy atom. The second-order valence-corrected chi connectivity index (χ2v) is 8.70. The quantitative estimate of drug-likeness (QED) is 0.294. The SMILES string of the molecule is COC(=O)Nc1nc2cc(C3(O)c4ccccc4C(=O)N3c3cccc(Oc4ccccc4)c3)ccc2[nH]1. The summed E-state index contributed by atoms with van der Waals surface area (Å²) < 4.78 is 10.6. The van der Waals surface area contributed by atoms with Gasteiger partial charge in [-0.15, -0.1) is 0 Å². The molecule has 2 heterocycles. The van der Waals surface area contributed by atoms with E-state index in [0.717, 1.165) is 0 Å². The number of imidazole rings is 1. The molecule has 1 aliphatic heterocycles.